The molecule has 1 aromatic carbocycles. The second kappa shape index (κ2) is 7.50. The number of piperidine rings is 1. The summed E-state index contributed by atoms with van der Waals surface area (Å²) in [4.78, 5) is 33.1. The van der Waals surface area contributed by atoms with Gasteiger partial charge in [-0.1, -0.05) is 6.07 Å². The number of rotatable bonds is 4. The van der Waals surface area contributed by atoms with Crippen LogP contribution in [0.15, 0.2) is 24.3 Å². The molecular formula is C21H26N6O2. The highest BCUT2D eigenvalue weighted by Crippen LogP contribution is 2.38. The summed E-state index contributed by atoms with van der Waals surface area (Å²) in [5.74, 6) is 2.69. The molecule has 1 aliphatic carbocycles. The molecule has 5 rings (SSSR count). The largest absolute Gasteiger partial charge is 0.324 e. The van der Waals surface area contributed by atoms with Gasteiger partial charge in [-0.15, -0.1) is 0 Å². The van der Waals surface area contributed by atoms with Gasteiger partial charge in [-0.05, 0) is 50.3 Å². The van der Waals surface area contributed by atoms with Crippen molar-refractivity contribution >= 4 is 23.3 Å². The van der Waals surface area contributed by atoms with Crippen LogP contribution in [0.1, 0.15) is 62.0 Å². The minimum Gasteiger partial charge on any atom is -0.324 e. The Hall–Kier alpha value is -2.90. The van der Waals surface area contributed by atoms with E-state index >= 15 is 0 Å². The van der Waals surface area contributed by atoms with Gasteiger partial charge in [0.2, 0.25) is 5.91 Å². The van der Waals surface area contributed by atoms with Crippen molar-refractivity contribution in [3.8, 4) is 0 Å². The zero-order valence-electron chi connectivity index (χ0n) is 16.4. The van der Waals surface area contributed by atoms with Crippen LogP contribution in [0, 0.1) is 0 Å². The monoisotopic (exact) mass is 394 g/mol. The molecule has 0 bridgehead atoms. The van der Waals surface area contributed by atoms with E-state index in [4.69, 9.17) is 0 Å². The fraction of sp³-hybridized carbons (Fsp3) is 0.524. The standard InChI is InChI=1S/C21H26N6O2/c28-18-7-3-11-27(18)17-6-1-5-16(12-17)22-21(29)26-10-2-4-15(13-26)20-23-19(24-25-20)14-8-9-14/h1,5-6,12,14-15H,2-4,7-11,13H2,(H,22,29)(H,23,24,25)/t15-/m0/s1. The molecule has 3 fully saturated rings. The third-order valence-corrected chi connectivity index (χ3v) is 6.04. The first-order valence-corrected chi connectivity index (χ1v) is 10.6. The number of nitrogens with one attached hydrogen (secondary N) is 2. The van der Waals surface area contributed by atoms with Crippen LogP contribution in [0.25, 0.3) is 0 Å². The number of amides is 3. The van der Waals surface area contributed by atoms with Gasteiger partial charge in [-0.25, -0.2) is 9.78 Å². The minimum absolute atomic E-state index is 0.113. The van der Waals surface area contributed by atoms with E-state index in [-0.39, 0.29) is 17.9 Å². The molecule has 0 unspecified atom stereocenters. The summed E-state index contributed by atoms with van der Waals surface area (Å²) in [6.07, 6.45) is 5.79. The molecular weight excluding hydrogens is 368 g/mol. The van der Waals surface area contributed by atoms with Gasteiger partial charge in [0.25, 0.3) is 0 Å². The fourth-order valence-electron chi connectivity index (χ4n) is 4.26. The summed E-state index contributed by atoms with van der Waals surface area (Å²) in [5.41, 5.74) is 1.55. The number of carbonyl (C=O) groups excluding carboxylic acids is 2. The van der Waals surface area contributed by atoms with E-state index in [1.165, 1.54) is 12.8 Å². The van der Waals surface area contributed by atoms with Gasteiger partial charge in [0.1, 0.15) is 5.82 Å². The zero-order valence-corrected chi connectivity index (χ0v) is 16.4. The van der Waals surface area contributed by atoms with Crippen LogP contribution in [0.5, 0.6) is 0 Å². The highest BCUT2D eigenvalue weighted by atomic mass is 16.2. The summed E-state index contributed by atoms with van der Waals surface area (Å²) < 4.78 is 0. The quantitative estimate of drug-likeness (QED) is 0.832. The Bertz CT molecular complexity index is 921. The van der Waals surface area contributed by atoms with Crippen LogP contribution < -0.4 is 10.2 Å². The topological polar surface area (TPSA) is 94.2 Å². The molecule has 3 aliphatic rings. The van der Waals surface area contributed by atoms with Crippen LogP contribution in [0.4, 0.5) is 16.2 Å². The Morgan fingerprint density at radius 2 is 2.03 bits per heavy atom. The fourth-order valence-corrected chi connectivity index (χ4v) is 4.26. The lowest BCUT2D eigenvalue weighted by Gasteiger charge is -2.31. The third kappa shape index (κ3) is 3.83. The molecule has 0 radical (unpaired) electrons. The van der Waals surface area contributed by atoms with Gasteiger partial charge in [-0.2, -0.15) is 5.10 Å². The number of H-pyrrole nitrogens is 1. The average molecular weight is 394 g/mol. The second-order valence-corrected chi connectivity index (χ2v) is 8.27. The Morgan fingerprint density at radius 3 is 2.83 bits per heavy atom. The van der Waals surface area contributed by atoms with Gasteiger partial charge < -0.3 is 15.1 Å². The van der Waals surface area contributed by atoms with E-state index in [9.17, 15) is 9.59 Å². The normalized spacial score (nSPS) is 22.2. The Labute approximate surface area is 169 Å². The van der Waals surface area contributed by atoms with E-state index in [1.807, 2.05) is 29.2 Å². The van der Waals surface area contributed by atoms with Crippen molar-refractivity contribution in [2.24, 2.45) is 0 Å². The summed E-state index contributed by atoms with van der Waals surface area (Å²) in [6, 6.07) is 7.41. The van der Waals surface area contributed by atoms with Crippen molar-refractivity contribution in [1.29, 1.82) is 0 Å². The number of nitrogens with zero attached hydrogens (tertiary/aromatic N) is 4. The number of benzene rings is 1. The van der Waals surface area contributed by atoms with Crippen molar-refractivity contribution in [2.45, 2.75) is 50.4 Å². The summed E-state index contributed by atoms with van der Waals surface area (Å²) in [7, 11) is 0. The molecule has 2 aromatic rings. The number of aromatic nitrogens is 3. The SMILES string of the molecule is O=C(Nc1cccc(N2CCCC2=O)c1)N1CCC[C@H](c2n[nH]c(C3CC3)n2)C1. The van der Waals surface area contributed by atoms with Gasteiger partial charge in [-0.3, -0.25) is 9.89 Å². The number of hydrogen-bond donors (Lipinski definition) is 2. The number of aromatic amines is 1. The molecule has 152 valence electrons. The maximum absolute atomic E-state index is 12.9. The van der Waals surface area contributed by atoms with Crippen LogP contribution in [-0.2, 0) is 4.79 Å². The molecule has 3 amide bonds. The van der Waals surface area contributed by atoms with E-state index < -0.39 is 0 Å². The highest BCUT2D eigenvalue weighted by molar-refractivity contribution is 5.96. The second-order valence-electron chi connectivity index (χ2n) is 8.27. The van der Waals surface area contributed by atoms with Crippen molar-refractivity contribution in [1.82, 2.24) is 20.1 Å². The number of carbonyl (C=O) groups is 2. The lowest BCUT2D eigenvalue weighted by Crippen LogP contribution is -2.41. The predicted octanol–water partition coefficient (Wildman–Crippen LogP) is 3.22. The molecule has 1 aromatic heterocycles. The van der Waals surface area contributed by atoms with Crippen molar-refractivity contribution in [2.75, 3.05) is 29.9 Å². The van der Waals surface area contributed by atoms with E-state index in [0.29, 0.717) is 24.6 Å². The maximum atomic E-state index is 12.9. The zero-order chi connectivity index (χ0) is 19.8. The lowest BCUT2D eigenvalue weighted by molar-refractivity contribution is -0.117. The smallest absolute Gasteiger partial charge is 0.321 e. The molecule has 2 saturated heterocycles. The molecule has 2 aliphatic heterocycles. The van der Waals surface area contributed by atoms with Crippen LogP contribution in [0.3, 0.4) is 0 Å². The van der Waals surface area contributed by atoms with Gasteiger partial charge in [0.15, 0.2) is 5.82 Å². The van der Waals surface area contributed by atoms with E-state index in [2.05, 4.69) is 20.5 Å². The van der Waals surface area contributed by atoms with E-state index in [1.54, 1.807) is 4.90 Å². The number of likely N-dealkylation sites (tertiary alicyclic amines) is 1. The lowest BCUT2D eigenvalue weighted by atomic mass is 9.97. The Balaban J connectivity index is 1.24. The van der Waals surface area contributed by atoms with Crippen LogP contribution >= 0.6 is 0 Å². The Morgan fingerprint density at radius 1 is 1.14 bits per heavy atom. The van der Waals surface area contributed by atoms with Crippen molar-refractivity contribution in [3.05, 3.63) is 35.9 Å². The van der Waals surface area contributed by atoms with Crippen molar-refractivity contribution < 1.29 is 9.59 Å². The summed E-state index contributed by atoms with van der Waals surface area (Å²) >= 11 is 0. The maximum Gasteiger partial charge on any atom is 0.321 e. The summed E-state index contributed by atoms with van der Waals surface area (Å²) in [6.45, 7) is 2.09. The molecule has 1 saturated carbocycles. The van der Waals surface area contributed by atoms with Crippen molar-refractivity contribution in [3.63, 3.8) is 0 Å². The van der Waals surface area contributed by atoms with Gasteiger partial charge >= 0.3 is 6.03 Å². The van der Waals surface area contributed by atoms with Crippen LogP contribution in [-0.4, -0.2) is 51.7 Å². The molecule has 8 heteroatoms. The predicted molar refractivity (Wildman–Crippen MR) is 109 cm³/mol. The van der Waals surface area contributed by atoms with Gasteiger partial charge in [0.05, 0.1) is 0 Å². The molecule has 1 atom stereocenters. The first-order valence-electron chi connectivity index (χ1n) is 10.6. The van der Waals surface area contributed by atoms with Gasteiger partial charge in [0, 0.05) is 49.3 Å². The Kier molecular flexibility index (Phi) is 4.69. The molecule has 3 heterocycles. The summed E-state index contributed by atoms with van der Waals surface area (Å²) in [5, 5.41) is 10.5. The first kappa shape index (κ1) is 18.1. The third-order valence-electron chi connectivity index (χ3n) is 6.04. The van der Waals surface area contributed by atoms with Crippen LogP contribution in [0.2, 0.25) is 0 Å². The van der Waals surface area contributed by atoms with E-state index in [0.717, 1.165) is 49.7 Å². The number of anilines is 2. The molecule has 29 heavy (non-hydrogen) atoms. The highest BCUT2D eigenvalue weighted by Gasteiger charge is 2.31. The molecule has 8 nitrogen and oxygen atoms in total. The minimum atomic E-state index is -0.113. The average Bonchev–Trinajstić information content (AvgIpc) is 3.31. The number of hydrogen-bond acceptors (Lipinski definition) is 4. The molecule has 2 N–H and O–H groups in total. The first-order chi connectivity index (χ1) is 14.2. The molecule has 0 spiro atoms. The number of urea groups is 1.